The van der Waals surface area contributed by atoms with E-state index in [1.165, 1.54) is 30.3 Å². The summed E-state index contributed by atoms with van der Waals surface area (Å²) < 4.78 is 14.2. The Morgan fingerprint density at radius 3 is 2.49 bits per heavy atom. The second kappa shape index (κ2) is 15.9. The first kappa shape index (κ1) is 37.9. The number of aryl methyl sites for hydroxylation is 2. The molecule has 0 fully saturated rings. The summed E-state index contributed by atoms with van der Waals surface area (Å²) in [6.07, 6.45) is 0.0635. The summed E-state index contributed by atoms with van der Waals surface area (Å²) in [5.41, 5.74) is 7.84. The summed E-state index contributed by atoms with van der Waals surface area (Å²) in [6.45, 7) is 3.57. The predicted molar refractivity (Wildman–Crippen MR) is 200 cm³/mol. The SMILES string of the molecule is CC[C@H](C)C(NC(=O)[C@@]1(NC(=O)[C@H](CCc2ccc(O)cc2)N(Cc2cccc(F)c2)C(=O)O)CCc2[nH]c3c(Cl)cc(Cl)cc3c2C1)C(N)=S. The van der Waals surface area contributed by atoms with Crippen LogP contribution in [-0.4, -0.2) is 60.6 Å². The monoisotopic (exact) mass is 755 g/mol. The van der Waals surface area contributed by atoms with Gasteiger partial charge in [0.05, 0.1) is 21.6 Å². The number of hydrogen-bond donors (Lipinski definition) is 6. The number of thiocarbonyl (C=S) groups is 1. The fourth-order valence-corrected chi connectivity index (χ4v) is 7.53. The minimum Gasteiger partial charge on any atom is -0.508 e. The highest BCUT2D eigenvalue weighted by molar-refractivity contribution is 7.80. The summed E-state index contributed by atoms with van der Waals surface area (Å²) >= 11 is 18.3. The van der Waals surface area contributed by atoms with Crippen LogP contribution in [0.3, 0.4) is 0 Å². The van der Waals surface area contributed by atoms with Crippen molar-refractivity contribution in [3.63, 3.8) is 0 Å². The highest BCUT2D eigenvalue weighted by Crippen LogP contribution is 2.38. The number of carbonyl (C=O) groups is 3. The smallest absolute Gasteiger partial charge is 0.408 e. The van der Waals surface area contributed by atoms with Crippen molar-refractivity contribution in [1.82, 2.24) is 20.5 Å². The number of benzene rings is 3. The maximum absolute atomic E-state index is 14.6. The maximum atomic E-state index is 14.6. The molecule has 4 aromatic rings. The van der Waals surface area contributed by atoms with E-state index in [0.717, 1.165) is 21.7 Å². The predicted octanol–water partition coefficient (Wildman–Crippen LogP) is 6.66. The summed E-state index contributed by atoms with van der Waals surface area (Å²) in [6, 6.07) is 13.2. The highest BCUT2D eigenvalue weighted by Gasteiger charge is 2.47. The summed E-state index contributed by atoms with van der Waals surface area (Å²) in [7, 11) is 0. The van der Waals surface area contributed by atoms with Gasteiger partial charge in [0.15, 0.2) is 0 Å². The third-order valence-electron chi connectivity index (χ3n) is 9.71. The number of aromatic hydroxyl groups is 1. The van der Waals surface area contributed by atoms with E-state index in [0.29, 0.717) is 39.4 Å². The molecule has 4 atom stereocenters. The number of nitrogens with one attached hydrogen (secondary N) is 3. The topological polar surface area (TPSA) is 161 Å². The Balaban J connectivity index is 1.56. The van der Waals surface area contributed by atoms with Gasteiger partial charge in [-0.1, -0.05) is 80.0 Å². The van der Waals surface area contributed by atoms with Crippen LogP contribution in [0.15, 0.2) is 60.7 Å². The van der Waals surface area contributed by atoms with E-state index in [1.54, 1.807) is 30.3 Å². The van der Waals surface area contributed by atoms with Gasteiger partial charge in [0, 0.05) is 29.1 Å². The standard InChI is InChI=1S/C37H40Cl2FN5O5S/c1-3-20(2)31(33(41)51)43-35(48)37(14-13-29-27(18-37)26-16-23(38)17-28(39)32(26)42-29)44-34(47)30(12-9-21-7-10-25(46)11-8-21)45(36(49)50)19-22-5-4-6-24(40)15-22/h4-8,10-11,15-17,20,30-31,42,46H,3,9,12-14,18-19H2,1-2H3,(H2,41,51)(H,43,48)(H,44,47)(H,49,50)/t20-,30-,31?,37+/m0/s1. The van der Waals surface area contributed by atoms with Gasteiger partial charge < -0.3 is 31.6 Å². The number of hydrogen-bond acceptors (Lipinski definition) is 5. The lowest BCUT2D eigenvalue weighted by molar-refractivity contribution is -0.137. The first-order valence-electron chi connectivity index (χ1n) is 16.6. The number of phenols is 1. The van der Waals surface area contributed by atoms with Crippen molar-refractivity contribution in [1.29, 1.82) is 0 Å². The molecule has 1 aliphatic rings. The van der Waals surface area contributed by atoms with Crippen LogP contribution < -0.4 is 16.4 Å². The molecule has 1 aliphatic carbocycles. The van der Waals surface area contributed by atoms with Gasteiger partial charge in [0.25, 0.3) is 0 Å². The molecule has 0 saturated heterocycles. The lowest BCUT2D eigenvalue weighted by Gasteiger charge is -2.40. The lowest BCUT2D eigenvalue weighted by atomic mass is 9.78. The van der Waals surface area contributed by atoms with Crippen LogP contribution in [0.25, 0.3) is 10.9 Å². The number of rotatable bonds is 13. The Hall–Kier alpha value is -4.39. The fourth-order valence-electron chi connectivity index (χ4n) is 6.69. The molecule has 5 rings (SSSR count). The molecule has 270 valence electrons. The zero-order chi connectivity index (χ0) is 37.0. The van der Waals surface area contributed by atoms with Gasteiger partial charge in [-0.25, -0.2) is 9.18 Å². The quantitative estimate of drug-likeness (QED) is 0.0832. The number of carbonyl (C=O) groups excluding carboxylic acids is 2. The second-order valence-electron chi connectivity index (χ2n) is 13.1. The maximum Gasteiger partial charge on any atom is 0.408 e. The molecule has 1 unspecified atom stereocenters. The van der Waals surface area contributed by atoms with Crippen molar-refractivity contribution in [3.05, 3.63) is 98.9 Å². The van der Waals surface area contributed by atoms with E-state index < -0.39 is 41.3 Å². The minimum absolute atomic E-state index is 0.0157. The molecule has 0 bridgehead atoms. The number of nitrogens with two attached hydrogens (primary N) is 1. The van der Waals surface area contributed by atoms with Gasteiger partial charge in [-0.15, -0.1) is 0 Å². The molecule has 14 heteroatoms. The molecular weight excluding hydrogens is 716 g/mol. The molecule has 1 aromatic heterocycles. The Labute approximate surface area is 310 Å². The van der Waals surface area contributed by atoms with Crippen molar-refractivity contribution in [2.75, 3.05) is 0 Å². The summed E-state index contributed by atoms with van der Waals surface area (Å²) in [4.78, 5) is 46.4. The van der Waals surface area contributed by atoms with Crippen molar-refractivity contribution in [3.8, 4) is 5.75 Å². The van der Waals surface area contributed by atoms with E-state index in [9.17, 15) is 29.0 Å². The van der Waals surface area contributed by atoms with Crippen LogP contribution in [0.4, 0.5) is 9.18 Å². The number of aromatic amines is 1. The van der Waals surface area contributed by atoms with Crippen LogP contribution in [0, 0.1) is 11.7 Å². The van der Waals surface area contributed by atoms with Gasteiger partial charge >= 0.3 is 6.09 Å². The number of H-pyrrole nitrogens is 1. The largest absolute Gasteiger partial charge is 0.508 e. The molecule has 0 saturated carbocycles. The van der Waals surface area contributed by atoms with Crippen LogP contribution in [0.5, 0.6) is 5.75 Å². The number of phenolic OH excluding ortho intramolecular Hbond substituents is 1. The van der Waals surface area contributed by atoms with E-state index in [-0.39, 0.29) is 48.9 Å². The number of carboxylic acid groups (broad SMARTS) is 1. The Bertz CT molecular complexity index is 1960. The van der Waals surface area contributed by atoms with Crippen LogP contribution in [0.2, 0.25) is 10.0 Å². The second-order valence-corrected chi connectivity index (χ2v) is 14.5. The van der Waals surface area contributed by atoms with Gasteiger partial charge in [0.1, 0.15) is 23.1 Å². The van der Waals surface area contributed by atoms with Gasteiger partial charge in [-0.3, -0.25) is 14.5 Å². The van der Waals surface area contributed by atoms with E-state index in [1.807, 2.05) is 13.8 Å². The summed E-state index contributed by atoms with van der Waals surface area (Å²) in [5.74, 6) is -1.84. The molecule has 1 heterocycles. The van der Waals surface area contributed by atoms with Crippen LogP contribution in [0.1, 0.15) is 55.5 Å². The average Bonchev–Trinajstić information content (AvgIpc) is 3.44. The molecule has 3 aromatic carbocycles. The van der Waals surface area contributed by atoms with Crippen LogP contribution >= 0.6 is 35.4 Å². The Kier molecular flexibility index (Phi) is 11.8. The van der Waals surface area contributed by atoms with Crippen molar-refractivity contribution >= 4 is 69.2 Å². The number of halogens is 3. The lowest BCUT2D eigenvalue weighted by Crippen LogP contribution is -2.66. The zero-order valence-electron chi connectivity index (χ0n) is 28.1. The van der Waals surface area contributed by atoms with E-state index >= 15 is 0 Å². The molecule has 0 aliphatic heterocycles. The molecule has 7 N–H and O–H groups in total. The summed E-state index contributed by atoms with van der Waals surface area (Å²) in [5, 5.41) is 27.7. The Morgan fingerprint density at radius 1 is 1.12 bits per heavy atom. The number of aromatic nitrogens is 1. The number of fused-ring (bicyclic) bond motifs is 3. The molecule has 3 amide bonds. The van der Waals surface area contributed by atoms with Gasteiger partial charge in [0.2, 0.25) is 11.8 Å². The van der Waals surface area contributed by atoms with E-state index in [4.69, 9.17) is 41.2 Å². The fraction of sp³-hybridized carbons (Fsp3) is 0.351. The molecule has 51 heavy (non-hydrogen) atoms. The molecule has 0 radical (unpaired) electrons. The average molecular weight is 757 g/mol. The third kappa shape index (κ3) is 8.57. The highest BCUT2D eigenvalue weighted by atomic mass is 35.5. The number of nitrogens with zero attached hydrogens (tertiary/aromatic N) is 1. The normalized spacial score (nSPS) is 17.2. The van der Waals surface area contributed by atoms with Gasteiger partial charge in [-0.05, 0) is 84.7 Å². The number of amides is 3. The van der Waals surface area contributed by atoms with Crippen molar-refractivity contribution < 1.29 is 29.0 Å². The van der Waals surface area contributed by atoms with Crippen molar-refractivity contribution in [2.45, 2.75) is 76.5 Å². The first-order chi connectivity index (χ1) is 24.2. The third-order valence-corrected chi connectivity index (χ3v) is 10.5. The molecule has 0 spiro atoms. The van der Waals surface area contributed by atoms with E-state index in [2.05, 4.69) is 15.6 Å². The van der Waals surface area contributed by atoms with Crippen LogP contribution in [-0.2, 0) is 35.4 Å². The minimum atomic E-state index is -1.57. The Morgan fingerprint density at radius 2 is 1.84 bits per heavy atom. The molecular formula is C37H40Cl2FN5O5S. The first-order valence-corrected chi connectivity index (χ1v) is 17.8. The zero-order valence-corrected chi connectivity index (χ0v) is 30.5. The van der Waals surface area contributed by atoms with Crippen molar-refractivity contribution in [2.24, 2.45) is 11.7 Å². The molecule has 10 nitrogen and oxygen atoms in total. The van der Waals surface area contributed by atoms with Gasteiger partial charge in [-0.2, -0.15) is 0 Å².